The number of phenolic OH excluding ortho intramolecular Hbond substituents is 1. The molecule has 1 saturated heterocycles. The number of amides is 3. The van der Waals surface area contributed by atoms with Crippen molar-refractivity contribution in [3.8, 4) is 5.75 Å². The molecule has 3 aromatic rings. The lowest BCUT2D eigenvalue weighted by molar-refractivity contribution is -0.148. The predicted molar refractivity (Wildman–Crippen MR) is 163 cm³/mol. The smallest absolute Gasteiger partial charge is 0.449 e. The van der Waals surface area contributed by atoms with E-state index in [0.717, 1.165) is 4.57 Å². The Balaban J connectivity index is 1.17. The molecule has 264 valence electrons. The highest BCUT2D eigenvalue weighted by atomic mass is 19.4. The van der Waals surface area contributed by atoms with E-state index in [4.69, 9.17) is 5.73 Å². The van der Waals surface area contributed by atoms with Gasteiger partial charge in [0, 0.05) is 63.8 Å². The number of carbonyl (C=O) groups excluding carboxylic acids is 3. The van der Waals surface area contributed by atoms with E-state index in [0.29, 0.717) is 51.2 Å². The predicted octanol–water partition coefficient (Wildman–Crippen LogP) is 2.95. The second-order valence-electron chi connectivity index (χ2n) is 12.1. The van der Waals surface area contributed by atoms with Gasteiger partial charge in [-0.25, -0.2) is 18.2 Å². The molecule has 0 radical (unpaired) electrons. The Bertz CT molecular complexity index is 1710. The van der Waals surface area contributed by atoms with E-state index in [-0.39, 0.29) is 61.1 Å². The third-order valence-corrected chi connectivity index (χ3v) is 8.62. The largest absolute Gasteiger partial charge is 0.507 e. The Morgan fingerprint density at radius 2 is 1.67 bits per heavy atom. The van der Waals surface area contributed by atoms with Crippen molar-refractivity contribution in [1.29, 1.82) is 0 Å². The molecule has 17 heteroatoms. The number of piperidine rings is 1. The first kappa shape index (κ1) is 35.7. The third-order valence-electron chi connectivity index (χ3n) is 8.62. The number of nitrogens with zero attached hydrogens (tertiary/aromatic N) is 4. The average molecular weight is 696 g/mol. The Hall–Kier alpha value is -4.64. The maximum Gasteiger partial charge on any atom is 0.449 e. The fourth-order valence-electron chi connectivity index (χ4n) is 6.05. The Kier molecular flexibility index (Phi) is 10.8. The number of para-hydroxylation sites is 1. The number of nitrogens with two attached hydrogens (primary N) is 1. The van der Waals surface area contributed by atoms with Crippen molar-refractivity contribution in [3.63, 3.8) is 0 Å². The zero-order valence-corrected chi connectivity index (χ0v) is 26.2. The zero-order valence-electron chi connectivity index (χ0n) is 26.2. The number of likely N-dealkylation sites (tertiary alicyclic amines) is 1. The first-order valence-electron chi connectivity index (χ1n) is 15.6. The van der Waals surface area contributed by atoms with Gasteiger partial charge in [0.2, 0.25) is 11.7 Å². The van der Waals surface area contributed by atoms with E-state index in [1.54, 1.807) is 12.1 Å². The van der Waals surface area contributed by atoms with Crippen LogP contribution in [-0.4, -0.2) is 87.0 Å². The highest BCUT2D eigenvalue weighted by Gasteiger charge is 2.42. The van der Waals surface area contributed by atoms with Crippen LogP contribution in [-0.2, 0) is 30.5 Å². The molecule has 5 rings (SSSR count). The van der Waals surface area contributed by atoms with E-state index < -0.39 is 58.9 Å². The maximum absolute atomic E-state index is 14.1. The minimum absolute atomic E-state index is 0.0951. The van der Waals surface area contributed by atoms with Gasteiger partial charge in [-0.15, -0.1) is 0 Å². The number of fused-ring (bicyclic) bond motifs is 1. The van der Waals surface area contributed by atoms with Crippen LogP contribution in [0.2, 0.25) is 0 Å². The van der Waals surface area contributed by atoms with Crippen LogP contribution in [0.25, 0.3) is 0 Å². The second-order valence-corrected chi connectivity index (χ2v) is 12.1. The lowest BCUT2D eigenvalue weighted by Gasteiger charge is -2.32. The molecule has 0 saturated carbocycles. The second kappa shape index (κ2) is 14.9. The number of aromatic nitrogens is 2. The van der Waals surface area contributed by atoms with Crippen LogP contribution in [0.4, 0.5) is 26.3 Å². The molecule has 2 aliphatic rings. The molecule has 0 unspecified atom stereocenters. The summed E-state index contributed by atoms with van der Waals surface area (Å²) in [5.41, 5.74) is 5.38. The summed E-state index contributed by atoms with van der Waals surface area (Å²) in [5, 5.41) is 15.3. The fourth-order valence-corrected chi connectivity index (χ4v) is 6.05. The van der Waals surface area contributed by atoms with E-state index in [1.165, 1.54) is 17.0 Å². The SMILES string of the molecule is N[C@@H](CC(=O)N1CCn2c(C(F)(F)F)nc(C(=O)NC3CCN(CCNC(=O)c4ccccc4O)CC3)c2C1)Cc1cc(F)c(F)cc1F. The number of imidazole rings is 1. The molecule has 0 bridgehead atoms. The average Bonchev–Trinajstić information content (AvgIpc) is 3.44. The Morgan fingerprint density at radius 1 is 0.980 bits per heavy atom. The van der Waals surface area contributed by atoms with Gasteiger partial charge in [-0.1, -0.05) is 12.1 Å². The number of aromatic hydroxyl groups is 1. The summed E-state index contributed by atoms with van der Waals surface area (Å²) in [6.45, 7) is 1.13. The van der Waals surface area contributed by atoms with E-state index in [9.17, 15) is 45.8 Å². The van der Waals surface area contributed by atoms with Gasteiger partial charge >= 0.3 is 6.18 Å². The molecule has 11 nitrogen and oxygen atoms in total. The quantitative estimate of drug-likeness (QED) is 0.189. The number of phenols is 1. The number of carbonyl (C=O) groups is 3. The van der Waals surface area contributed by atoms with Crippen molar-refractivity contribution in [2.75, 3.05) is 32.7 Å². The van der Waals surface area contributed by atoms with Crippen LogP contribution in [0.15, 0.2) is 36.4 Å². The van der Waals surface area contributed by atoms with E-state index >= 15 is 0 Å². The summed E-state index contributed by atoms with van der Waals surface area (Å²) >= 11 is 0. The van der Waals surface area contributed by atoms with Gasteiger partial charge in [-0.2, -0.15) is 13.2 Å². The normalized spacial score (nSPS) is 16.3. The molecule has 2 aliphatic heterocycles. The van der Waals surface area contributed by atoms with E-state index in [1.807, 2.05) is 0 Å². The molecule has 0 aliphatic carbocycles. The van der Waals surface area contributed by atoms with Crippen LogP contribution >= 0.6 is 0 Å². The van der Waals surface area contributed by atoms with Crippen molar-refractivity contribution in [2.24, 2.45) is 5.73 Å². The van der Waals surface area contributed by atoms with Gasteiger partial charge in [-0.05, 0) is 43.0 Å². The van der Waals surface area contributed by atoms with Gasteiger partial charge in [0.05, 0.1) is 17.8 Å². The monoisotopic (exact) mass is 695 g/mol. The Labute approximate surface area is 277 Å². The van der Waals surface area contributed by atoms with Gasteiger partial charge in [-0.3, -0.25) is 14.4 Å². The molecular formula is C32H35F6N7O4. The van der Waals surface area contributed by atoms with E-state index in [2.05, 4.69) is 20.5 Å². The van der Waals surface area contributed by atoms with Crippen LogP contribution in [0.3, 0.4) is 0 Å². The molecule has 5 N–H and O–H groups in total. The van der Waals surface area contributed by atoms with Crippen LogP contribution in [0.5, 0.6) is 5.75 Å². The molecule has 49 heavy (non-hydrogen) atoms. The number of nitrogens with one attached hydrogen (secondary N) is 2. The molecule has 1 atom stereocenters. The van der Waals surface area contributed by atoms with Gasteiger partial charge in [0.25, 0.3) is 11.8 Å². The highest BCUT2D eigenvalue weighted by Crippen LogP contribution is 2.33. The summed E-state index contributed by atoms with van der Waals surface area (Å²) in [6.07, 6.45) is -4.55. The lowest BCUT2D eigenvalue weighted by atomic mass is 10.0. The van der Waals surface area contributed by atoms with Crippen molar-refractivity contribution < 1.29 is 45.8 Å². The van der Waals surface area contributed by atoms with Crippen LogP contribution in [0.1, 0.15) is 57.2 Å². The summed E-state index contributed by atoms with van der Waals surface area (Å²) in [7, 11) is 0. The number of hydrogen-bond acceptors (Lipinski definition) is 7. The van der Waals surface area contributed by atoms with Crippen LogP contribution in [0, 0.1) is 17.5 Å². The van der Waals surface area contributed by atoms with Crippen LogP contribution < -0.4 is 16.4 Å². The molecule has 1 fully saturated rings. The first-order chi connectivity index (χ1) is 23.2. The number of benzene rings is 2. The summed E-state index contributed by atoms with van der Waals surface area (Å²) in [5.74, 6) is -6.87. The number of alkyl halides is 3. The topological polar surface area (TPSA) is 146 Å². The van der Waals surface area contributed by atoms with Gasteiger partial charge < -0.3 is 35.8 Å². The standard InChI is InChI=1S/C32H35F6N7O4/c33-22-16-24(35)23(34)14-18(22)13-19(39)15-27(47)44-11-12-45-25(17-44)28(42-31(45)32(36,37)38)30(49)41-20-5-8-43(9-6-20)10-7-40-29(48)21-3-1-2-4-26(21)46/h1-4,14,16,19-20,46H,5-13,15,17,39H2,(H,40,48)(H,41,49)/t19-/m1/s1. The molecule has 1 aromatic heterocycles. The lowest BCUT2D eigenvalue weighted by Crippen LogP contribution is -2.47. The molecule has 3 amide bonds. The first-order valence-corrected chi connectivity index (χ1v) is 15.6. The third kappa shape index (κ3) is 8.51. The molecule has 0 spiro atoms. The van der Waals surface area contributed by atoms with Crippen molar-refractivity contribution in [1.82, 2.24) is 30.0 Å². The van der Waals surface area contributed by atoms with Crippen molar-refractivity contribution >= 4 is 17.7 Å². The molecule has 3 heterocycles. The molecular weight excluding hydrogens is 660 g/mol. The number of halogens is 6. The minimum atomic E-state index is -4.86. The minimum Gasteiger partial charge on any atom is -0.507 e. The maximum atomic E-state index is 14.1. The van der Waals surface area contributed by atoms with Crippen molar-refractivity contribution in [2.45, 2.75) is 57.0 Å². The highest BCUT2D eigenvalue weighted by molar-refractivity contribution is 5.96. The Morgan fingerprint density at radius 3 is 2.37 bits per heavy atom. The summed E-state index contributed by atoms with van der Waals surface area (Å²) in [6, 6.07) is 5.83. The number of rotatable bonds is 10. The molecule has 2 aromatic carbocycles. The van der Waals surface area contributed by atoms with Crippen molar-refractivity contribution in [3.05, 3.63) is 82.2 Å². The van der Waals surface area contributed by atoms with Gasteiger partial charge in [0.1, 0.15) is 11.6 Å². The van der Waals surface area contributed by atoms with Gasteiger partial charge in [0.15, 0.2) is 17.3 Å². The number of hydrogen-bond donors (Lipinski definition) is 4. The zero-order chi connectivity index (χ0) is 35.5. The summed E-state index contributed by atoms with van der Waals surface area (Å²) < 4.78 is 83.5. The fraction of sp³-hybridized carbons (Fsp3) is 0.438. The summed E-state index contributed by atoms with van der Waals surface area (Å²) in [4.78, 5) is 45.6.